The Morgan fingerprint density at radius 2 is 1.59 bits per heavy atom. The van der Waals surface area contributed by atoms with Crippen LogP contribution in [0.1, 0.15) is 0 Å². The number of aromatic nitrogens is 4. The molecule has 0 spiro atoms. The van der Waals surface area contributed by atoms with Crippen LogP contribution in [0.4, 0.5) is 5.82 Å². The van der Waals surface area contributed by atoms with Gasteiger partial charge in [-0.15, -0.1) is 0 Å². The fourth-order valence-electron chi connectivity index (χ4n) is 3.35. The zero-order valence-corrected chi connectivity index (χ0v) is 16.9. The van der Waals surface area contributed by atoms with E-state index in [1.165, 1.54) is 0 Å². The fraction of sp³-hybridized carbons (Fsp3) is 0. The number of fused-ring (bicyclic) bond motifs is 1. The van der Waals surface area contributed by atoms with Gasteiger partial charge in [0.15, 0.2) is 11.5 Å². The number of nitrogen functional groups attached to an aromatic ring is 1. The van der Waals surface area contributed by atoms with Crippen molar-refractivity contribution in [3.8, 4) is 28.3 Å². The summed E-state index contributed by atoms with van der Waals surface area (Å²) in [5.41, 5.74) is 11.4. The van der Waals surface area contributed by atoms with Crippen molar-refractivity contribution in [1.29, 1.82) is 0 Å². The Labute approximate surface area is 176 Å². The molecule has 0 fully saturated rings. The molecule has 6 heteroatoms. The summed E-state index contributed by atoms with van der Waals surface area (Å²) in [5.74, 6) is 1.15. The quantitative estimate of drug-likeness (QED) is 0.401. The van der Waals surface area contributed by atoms with E-state index in [0.29, 0.717) is 11.6 Å². The van der Waals surface area contributed by atoms with Crippen LogP contribution in [0, 0.1) is 0 Å². The van der Waals surface area contributed by atoms with E-state index in [1.807, 2.05) is 71.3 Å². The summed E-state index contributed by atoms with van der Waals surface area (Å²) >= 11 is 3.51. The van der Waals surface area contributed by atoms with Crippen LogP contribution < -0.4 is 5.73 Å². The Kier molecular flexibility index (Phi) is 4.33. The number of benzene rings is 2. The maximum absolute atomic E-state index is 6.17. The average Bonchev–Trinajstić information content (AvgIpc) is 3.14. The van der Waals surface area contributed by atoms with Crippen LogP contribution in [-0.4, -0.2) is 19.5 Å². The third-order valence-electron chi connectivity index (χ3n) is 4.74. The molecule has 140 valence electrons. The van der Waals surface area contributed by atoms with Gasteiger partial charge in [0.25, 0.3) is 0 Å². The van der Waals surface area contributed by atoms with Gasteiger partial charge in [-0.3, -0.25) is 4.57 Å². The van der Waals surface area contributed by atoms with Crippen molar-refractivity contribution in [2.75, 3.05) is 5.73 Å². The molecule has 5 nitrogen and oxygen atoms in total. The van der Waals surface area contributed by atoms with Gasteiger partial charge in [-0.1, -0.05) is 46.3 Å². The van der Waals surface area contributed by atoms with Crippen molar-refractivity contribution in [3.63, 3.8) is 0 Å². The maximum Gasteiger partial charge on any atom is 0.165 e. The Hall–Kier alpha value is -3.51. The van der Waals surface area contributed by atoms with E-state index in [1.54, 1.807) is 6.20 Å². The number of nitrogens with two attached hydrogens (primary N) is 1. The number of imidazole rings is 1. The Bertz CT molecular complexity index is 1310. The van der Waals surface area contributed by atoms with Gasteiger partial charge in [0, 0.05) is 21.9 Å². The van der Waals surface area contributed by atoms with E-state index in [4.69, 9.17) is 15.7 Å². The first-order chi connectivity index (χ1) is 14.2. The normalized spacial score (nSPS) is 11.1. The SMILES string of the molecule is Nc1ncccc1-c1nc2ccc(-c3ccccc3)nc2n1-c1ccc(Br)cc1. The van der Waals surface area contributed by atoms with Crippen molar-refractivity contribution < 1.29 is 0 Å². The van der Waals surface area contributed by atoms with Gasteiger partial charge in [-0.05, 0) is 48.5 Å². The molecule has 5 aromatic rings. The molecule has 3 aromatic heterocycles. The highest BCUT2D eigenvalue weighted by atomic mass is 79.9. The lowest BCUT2D eigenvalue weighted by atomic mass is 10.1. The number of pyridine rings is 2. The van der Waals surface area contributed by atoms with Crippen LogP contribution in [0.25, 0.3) is 39.5 Å². The van der Waals surface area contributed by atoms with Gasteiger partial charge in [-0.25, -0.2) is 15.0 Å². The molecule has 0 atom stereocenters. The van der Waals surface area contributed by atoms with Crippen LogP contribution in [0.5, 0.6) is 0 Å². The monoisotopic (exact) mass is 441 g/mol. The van der Waals surface area contributed by atoms with Crippen LogP contribution >= 0.6 is 15.9 Å². The molecule has 2 aromatic carbocycles. The van der Waals surface area contributed by atoms with Gasteiger partial charge in [0.05, 0.1) is 11.3 Å². The largest absolute Gasteiger partial charge is 0.383 e. The minimum Gasteiger partial charge on any atom is -0.383 e. The minimum atomic E-state index is 0.435. The Morgan fingerprint density at radius 3 is 2.34 bits per heavy atom. The lowest BCUT2D eigenvalue weighted by molar-refractivity contribution is 1.07. The Balaban J connectivity index is 1.81. The second-order valence-electron chi connectivity index (χ2n) is 6.59. The van der Waals surface area contributed by atoms with Crippen LogP contribution in [-0.2, 0) is 0 Å². The standard InChI is InChI=1S/C23H16BrN5/c24-16-8-10-17(11-9-16)29-22(18-7-4-14-26-21(18)25)28-20-13-12-19(27-23(20)29)15-5-2-1-3-6-15/h1-14H,(H2,25,26). The summed E-state index contributed by atoms with van der Waals surface area (Å²) in [6.07, 6.45) is 1.68. The molecule has 0 unspecified atom stereocenters. The van der Waals surface area contributed by atoms with Gasteiger partial charge < -0.3 is 5.73 Å². The Morgan fingerprint density at radius 1 is 0.793 bits per heavy atom. The number of nitrogens with zero attached hydrogens (tertiary/aromatic N) is 4. The molecular weight excluding hydrogens is 426 g/mol. The molecule has 0 radical (unpaired) electrons. The second-order valence-corrected chi connectivity index (χ2v) is 7.50. The first kappa shape index (κ1) is 17.6. The number of anilines is 1. The average molecular weight is 442 g/mol. The first-order valence-corrected chi connectivity index (χ1v) is 9.92. The molecule has 29 heavy (non-hydrogen) atoms. The van der Waals surface area contributed by atoms with E-state index in [2.05, 4.69) is 33.0 Å². The summed E-state index contributed by atoms with van der Waals surface area (Å²) in [7, 11) is 0. The summed E-state index contributed by atoms with van der Waals surface area (Å²) in [6, 6.07) is 25.9. The van der Waals surface area contributed by atoms with Gasteiger partial charge in [0.1, 0.15) is 11.3 Å². The number of hydrogen-bond acceptors (Lipinski definition) is 4. The molecule has 0 saturated heterocycles. The fourth-order valence-corrected chi connectivity index (χ4v) is 3.61. The van der Waals surface area contributed by atoms with E-state index in [9.17, 15) is 0 Å². The van der Waals surface area contributed by atoms with E-state index in [-0.39, 0.29) is 0 Å². The highest BCUT2D eigenvalue weighted by Crippen LogP contribution is 2.31. The summed E-state index contributed by atoms with van der Waals surface area (Å²) in [6.45, 7) is 0. The third-order valence-corrected chi connectivity index (χ3v) is 5.27. The predicted octanol–water partition coefficient (Wildman–Crippen LogP) is 5.49. The van der Waals surface area contributed by atoms with Crippen molar-refractivity contribution in [3.05, 3.63) is 89.5 Å². The molecule has 5 rings (SSSR count). The summed E-state index contributed by atoms with van der Waals surface area (Å²) < 4.78 is 3.03. The van der Waals surface area contributed by atoms with Gasteiger partial charge in [-0.2, -0.15) is 0 Å². The third kappa shape index (κ3) is 3.17. The molecule has 0 aliphatic carbocycles. The van der Waals surface area contributed by atoms with Crippen LogP contribution in [0.2, 0.25) is 0 Å². The lowest BCUT2D eigenvalue weighted by Crippen LogP contribution is -2.02. The van der Waals surface area contributed by atoms with Crippen molar-refractivity contribution in [1.82, 2.24) is 19.5 Å². The number of hydrogen-bond donors (Lipinski definition) is 1. The lowest BCUT2D eigenvalue weighted by Gasteiger charge is -2.10. The summed E-state index contributed by atoms with van der Waals surface area (Å²) in [5, 5.41) is 0. The zero-order chi connectivity index (χ0) is 19.8. The molecule has 0 aliphatic rings. The highest BCUT2D eigenvalue weighted by molar-refractivity contribution is 9.10. The first-order valence-electron chi connectivity index (χ1n) is 9.12. The van der Waals surface area contributed by atoms with E-state index >= 15 is 0 Å². The smallest absolute Gasteiger partial charge is 0.165 e. The summed E-state index contributed by atoms with van der Waals surface area (Å²) in [4.78, 5) is 14.0. The van der Waals surface area contributed by atoms with Crippen LogP contribution in [0.15, 0.2) is 89.5 Å². The minimum absolute atomic E-state index is 0.435. The molecule has 3 heterocycles. The molecule has 0 saturated carbocycles. The molecule has 0 bridgehead atoms. The topological polar surface area (TPSA) is 69.6 Å². The van der Waals surface area contributed by atoms with Crippen molar-refractivity contribution >= 4 is 32.9 Å². The zero-order valence-electron chi connectivity index (χ0n) is 15.3. The second kappa shape index (κ2) is 7.14. The van der Waals surface area contributed by atoms with Crippen LogP contribution in [0.3, 0.4) is 0 Å². The van der Waals surface area contributed by atoms with Crippen molar-refractivity contribution in [2.24, 2.45) is 0 Å². The molecule has 0 amide bonds. The number of halogens is 1. The highest BCUT2D eigenvalue weighted by Gasteiger charge is 2.18. The molecular formula is C23H16BrN5. The predicted molar refractivity (Wildman–Crippen MR) is 120 cm³/mol. The molecule has 0 aliphatic heterocycles. The van der Waals surface area contributed by atoms with E-state index in [0.717, 1.165) is 38.1 Å². The van der Waals surface area contributed by atoms with E-state index < -0.39 is 0 Å². The van der Waals surface area contributed by atoms with Gasteiger partial charge >= 0.3 is 0 Å². The number of rotatable bonds is 3. The maximum atomic E-state index is 6.17. The molecule has 2 N–H and O–H groups in total. The van der Waals surface area contributed by atoms with Gasteiger partial charge in [0.2, 0.25) is 0 Å². The van der Waals surface area contributed by atoms with Crippen molar-refractivity contribution in [2.45, 2.75) is 0 Å².